The van der Waals surface area contributed by atoms with Gasteiger partial charge in [0.15, 0.2) is 5.69 Å². The van der Waals surface area contributed by atoms with Gasteiger partial charge in [-0.25, -0.2) is 0 Å². The molecule has 5 nitrogen and oxygen atoms in total. The highest BCUT2D eigenvalue weighted by atomic mass is 19.4. The number of hydrogen-bond acceptors (Lipinski definition) is 5. The monoisotopic (exact) mass is 299 g/mol. The van der Waals surface area contributed by atoms with E-state index >= 15 is 0 Å². The van der Waals surface area contributed by atoms with Gasteiger partial charge in [0, 0.05) is 0 Å². The number of hydrogen-bond donors (Lipinski definition) is 1. The number of rotatable bonds is 4. The molecule has 2 aromatic rings. The summed E-state index contributed by atoms with van der Waals surface area (Å²) in [4.78, 5) is 7.60. The van der Waals surface area contributed by atoms with Crippen LogP contribution in [0.3, 0.4) is 0 Å². The molecule has 0 aliphatic carbocycles. The summed E-state index contributed by atoms with van der Waals surface area (Å²) in [7, 11) is 0. The lowest BCUT2D eigenvalue weighted by Crippen LogP contribution is -2.05. The fourth-order valence-electron chi connectivity index (χ4n) is 1.54. The first-order valence-electron chi connectivity index (χ1n) is 6.00. The topological polar surface area (TPSA) is 70.3 Å². The second-order valence-corrected chi connectivity index (χ2v) is 3.96. The van der Waals surface area contributed by atoms with E-state index in [1.54, 1.807) is 6.92 Å². The lowest BCUT2D eigenvalue weighted by atomic mass is 10.2. The Bertz CT molecular complexity index is 632. The molecule has 21 heavy (non-hydrogen) atoms. The van der Waals surface area contributed by atoms with E-state index < -0.39 is 11.7 Å². The summed E-state index contributed by atoms with van der Waals surface area (Å²) < 4.78 is 48.3. The number of aromatic nitrogens is 2. The Morgan fingerprint density at radius 2 is 1.90 bits per heavy atom. The predicted octanol–water partition coefficient (Wildman–Crippen LogP) is 3.27. The average Bonchev–Trinajstić information content (AvgIpc) is 2.43. The van der Waals surface area contributed by atoms with Crippen molar-refractivity contribution in [1.82, 2.24) is 9.97 Å². The van der Waals surface area contributed by atoms with Crippen molar-refractivity contribution in [2.45, 2.75) is 13.1 Å². The van der Waals surface area contributed by atoms with E-state index in [1.807, 2.05) is 0 Å². The number of alkyl halides is 3. The van der Waals surface area contributed by atoms with E-state index in [0.717, 1.165) is 18.5 Å². The summed E-state index contributed by atoms with van der Waals surface area (Å²) in [5, 5.41) is 0. The van der Waals surface area contributed by atoms with E-state index in [9.17, 15) is 13.2 Å². The molecular formula is C13H12F3N3O2. The second kappa shape index (κ2) is 5.86. The zero-order valence-corrected chi connectivity index (χ0v) is 11.0. The molecule has 1 aromatic carbocycles. The molecule has 0 aliphatic heterocycles. The van der Waals surface area contributed by atoms with Crippen LogP contribution in [-0.4, -0.2) is 16.6 Å². The van der Waals surface area contributed by atoms with E-state index in [4.69, 9.17) is 15.2 Å². The molecule has 0 saturated heterocycles. The van der Waals surface area contributed by atoms with Crippen LogP contribution in [0.15, 0.2) is 30.6 Å². The summed E-state index contributed by atoms with van der Waals surface area (Å²) in [6, 6.07) is 4.42. The first-order chi connectivity index (χ1) is 9.91. The normalized spacial score (nSPS) is 11.2. The van der Waals surface area contributed by atoms with Crippen LogP contribution in [0.25, 0.3) is 0 Å². The highest BCUT2D eigenvalue weighted by molar-refractivity contribution is 5.56. The molecule has 0 bridgehead atoms. The maximum absolute atomic E-state index is 12.6. The van der Waals surface area contributed by atoms with Crippen LogP contribution in [0, 0.1) is 0 Å². The first-order valence-corrected chi connectivity index (χ1v) is 6.00. The summed E-state index contributed by atoms with van der Waals surface area (Å²) in [5.41, 5.74) is 4.95. The van der Waals surface area contributed by atoms with E-state index in [1.165, 1.54) is 12.1 Å². The third kappa shape index (κ3) is 3.53. The molecule has 8 heteroatoms. The van der Waals surface area contributed by atoms with Gasteiger partial charge in [-0.05, 0) is 25.1 Å². The molecule has 1 aromatic heterocycles. The van der Waals surface area contributed by atoms with Crippen LogP contribution in [0.2, 0.25) is 0 Å². The fraction of sp³-hybridized carbons (Fsp3) is 0.231. The van der Waals surface area contributed by atoms with Crippen LogP contribution < -0.4 is 15.2 Å². The first kappa shape index (κ1) is 14.9. The highest BCUT2D eigenvalue weighted by Crippen LogP contribution is 2.34. The minimum Gasteiger partial charge on any atom is -0.476 e. The minimum atomic E-state index is -4.45. The fourth-order valence-corrected chi connectivity index (χ4v) is 1.54. The molecule has 0 atom stereocenters. The molecule has 112 valence electrons. The van der Waals surface area contributed by atoms with Gasteiger partial charge in [0.25, 0.3) is 0 Å². The molecule has 0 radical (unpaired) electrons. The van der Waals surface area contributed by atoms with Gasteiger partial charge in [0.2, 0.25) is 11.8 Å². The molecular weight excluding hydrogens is 287 g/mol. The Labute approximate surface area is 118 Å². The highest BCUT2D eigenvalue weighted by Gasteiger charge is 2.30. The van der Waals surface area contributed by atoms with Gasteiger partial charge in [0.1, 0.15) is 12.1 Å². The Morgan fingerprint density at radius 1 is 1.19 bits per heavy atom. The van der Waals surface area contributed by atoms with Crippen LogP contribution >= 0.6 is 0 Å². The number of ether oxygens (including phenoxy) is 2. The van der Waals surface area contributed by atoms with Crippen molar-refractivity contribution in [3.8, 4) is 17.5 Å². The van der Waals surface area contributed by atoms with Gasteiger partial charge in [-0.2, -0.15) is 23.1 Å². The van der Waals surface area contributed by atoms with Gasteiger partial charge in [0.05, 0.1) is 12.2 Å². The lowest BCUT2D eigenvalue weighted by Gasteiger charge is -2.11. The summed E-state index contributed by atoms with van der Waals surface area (Å²) >= 11 is 0. The minimum absolute atomic E-state index is 0.0248. The van der Waals surface area contributed by atoms with Gasteiger partial charge >= 0.3 is 6.18 Å². The van der Waals surface area contributed by atoms with Crippen LogP contribution in [0.4, 0.5) is 18.9 Å². The summed E-state index contributed by atoms with van der Waals surface area (Å²) in [6.45, 7) is 2.08. The number of nitrogen functional groups attached to an aromatic ring is 1. The molecule has 0 fully saturated rings. The van der Waals surface area contributed by atoms with Gasteiger partial charge in [-0.3, -0.25) is 0 Å². The molecule has 1 heterocycles. The molecule has 2 N–H and O–H groups in total. The number of nitrogens with zero attached hydrogens (tertiary/aromatic N) is 2. The standard InChI is InChI=1S/C13H12F3N3O2/c1-2-20-11-10(17)12(19-7-18-11)21-9-5-3-4-8(6-9)13(14,15)16/h3-7H,2,17H2,1H3. The third-order valence-corrected chi connectivity index (χ3v) is 2.47. The van der Waals surface area contributed by atoms with Crippen molar-refractivity contribution in [3.05, 3.63) is 36.2 Å². The van der Waals surface area contributed by atoms with Crippen molar-refractivity contribution < 1.29 is 22.6 Å². The van der Waals surface area contributed by atoms with Gasteiger partial charge in [-0.15, -0.1) is 0 Å². The molecule has 2 rings (SSSR count). The molecule has 0 unspecified atom stereocenters. The number of anilines is 1. The zero-order valence-electron chi connectivity index (χ0n) is 11.0. The summed E-state index contributed by atoms with van der Waals surface area (Å²) in [6.07, 6.45) is -3.29. The van der Waals surface area contributed by atoms with E-state index in [-0.39, 0.29) is 23.2 Å². The largest absolute Gasteiger partial charge is 0.476 e. The van der Waals surface area contributed by atoms with Crippen LogP contribution in [0.1, 0.15) is 12.5 Å². The lowest BCUT2D eigenvalue weighted by molar-refractivity contribution is -0.137. The number of nitrogens with two attached hydrogens (primary N) is 1. The molecule has 0 aliphatic rings. The quantitative estimate of drug-likeness (QED) is 0.938. The van der Waals surface area contributed by atoms with Crippen molar-refractivity contribution in [2.24, 2.45) is 0 Å². The van der Waals surface area contributed by atoms with Crippen molar-refractivity contribution in [2.75, 3.05) is 12.3 Å². The molecule has 0 spiro atoms. The predicted molar refractivity (Wildman–Crippen MR) is 69.1 cm³/mol. The summed E-state index contributed by atoms with van der Waals surface area (Å²) in [5.74, 6) is 0.0277. The van der Waals surface area contributed by atoms with Crippen molar-refractivity contribution in [1.29, 1.82) is 0 Å². The van der Waals surface area contributed by atoms with E-state index in [2.05, 4.69) is 9.97 Å². The van der Waals surface area contributed by atoms with Gasteiger partial charge in [-0.1, -0.05) is 6.07 Å². The van der Waals surface area contributed by atoms with Crippen molar-refractivity contribution in [3.63, 3.8) is 0 Å². The zero-order chi connectivity index (χ0) is 15.5. The Kier molecular flexibility index (Phi) is 4.15. The molecule has 0 amide bonds. The smallest absolute Gasteiger partial charge is 0.416 e. The Balaban J connectivity index is 2.28. The maximum Gasteiger partial charge on any atom is 0.416 e. The maximum atomic E-state index is 12.6. The van der Waals surface area contributed by atoms with E-state index in [0.29, 0.717) is 6.61 Å². The Hall–Kier alpha value is -2.51. The average molecular weight is 299 g/mol. The number of halogens is 3. The van der Waals surface area contributed by atoms with Crippen LogP contribution in [-0.2, 0) is 6.18 Å². The number of benzene rings is 1. The van der Waals surface area contributed by atoms with Crippen LogP contribution in [0.5, 0.6) is 17.5 Å². The van der Waals surface area contributed by atoms with Gasteiger partial charge < -0.3 is 15.2 Å². The SMILES string of the molecule is CCOc1ncnc(Oc2cccc(C(F)(F)F)c2)c1N. The van der Waals surface area contributed by atoms with Crippen molar-refractivity contribution >= 4 is 5.69 Å². The third-order valence-electron chi connectivity index (χ3n) is 2.47. The second-order valence-electron chi connectivity index (χ2n) is 3.96. The molecule has 0 saturated carbocycles. The Morgan fingerprint density at radius 3 is 2.57 bits per heavy atom.